The Kier molecular flexibility index (Phi) is 6.73. The third-order valence-corrected chi connectivity index (χ3v) is 2.85. The Bertz CT molecular complexity index is 432. The van der Waals surface area contributed by atoms with E-state index in [1.165, 1.54) is 0 Å². The van der Waals surface area contributed by atoms with Crippen molar-refractivity contribution in [3.63, 3.8) is 0 Å². The molecule has 0 aliphatic rings. The average molecular weight is 278 g/mol. The van der Waals surface area contributed by atoms with Crippen LogP contribution in [0.2, 0.25) is 0 Å². The van der Waals surface area contributed by atoms with Gasteiger partial charge in [0.1, 0.15) is 0 Å². The van der Waals surface area contributed by atoms with E-state index in [1.807, 2.05) is 19.9 Å². The standard InChI is InChI=1S/C15H22N2O3/c1-11(2)8-9-14(19)16-17-15(20)10-13(18)12-6-4-3-5-7-12/h3-7,11,13,18H,8-10H2,1-2H3,(H,16,19)(H,17,20). The minimum atomic E-state index is -0.872. The predicted octanol–water partition coefficient (Wildman–Crippen LogP) is 1.69. The van der Waals surface area contributed by atoms with E-state index >= 15 is 0 Å². The Morgan fingerprint density at radius 1 is 1.10 bits per heavy atom. The van der Waals surface area contributed by atoms with Gasteiger partial charge in [0, 0.05) is 6.42 Å². The summed E-state index contributed by atoms with van der Waals surface area (Å²) < 4.78 is 0. The molecule has 0 saturated heterocycles. The highest BCUT2D eigenvalue weighted by atomic mass is 16.3. The lowest BCUT2D eigenvalue weighted by Crippen LogP contribution is -2.42. The van der Waals surface area contributed by atoms with Gasteiger partial charge in [0.25, 0.3) is 0 Å². The van der Waals surface area contributed by atoms with Crippen LogP contribution >= 0.6 is 0 Å². The van der Waals surface area contributed by atoms with Crippen molar-refractivity contribution >= 4 is 11.8 Å². The van der Waals surface area contributed by atoms with Crippen molar-refractivity contribution in [2.24, 2.45) is 5.92 Å². The van der Waals surface area contributed by atoms with Crippen molar-refractivity contribution in [3.05, 3.63) is 35.9 Å². The van der Waals surface area contributed by atoms with Gasteiger partial charge in [-0.1, -0.05) is 44.2 Å². The number of aliphatic hydroxyl groups is 1. The molecule has 110 valence electrons. The van der Waals surface area contributed by atoms with Gasteiger partial charge >= 0.3 is 0 Å². The zero-order valence-electron chi connectivity index (χ0n) is 11.9. The summed E-state index contributed by atoms with van der Waals surface area (Å²) >= 11 is 0. The van der Waals surface area contributed by atoms with Crippen molar-refractivity contribution in [2.75, 3.05) is 0 Å². The fourth-order valence-electron chi connectivity index (χ4n) is 1.64. The summed E-state index contributed by atoms with van der Waals surface area (Å²) in [5.41, 5.74) is 5.33. The average Bonchev–Trinajstić information content (AvgIpc) is 2.43. The Hall–Kier alpha value is -1.88. The maximum Gasteiger partial charge on any atom is 0.241 e. The maximum absolute atomic E-state index is 11.6. The van der Waals surface area contributed by atoms with Gasteiger partial charge in [0.05, 0.1) is 12.5 Å². The highest BCUT2D eigenvalue weighted by Crippen LogP contribution is 2.15. The van der Waals surface area contributed by atoms with E-state index in [0.717, 1.165) is 6.42 Å². The van der Waals surface area contributed by atoms with E-state index in [4.69, 9.17) is 0 Å². The number of hydrazine groups is 1. The number of nitrogens with one attached hydrogen (secondary N) is 2. The minimum Gasteiger partial charge on any atom is -0.388 e. The molecule has 0 heterocycles. The quantitative estimate of drug-likeness (QED) is 0.693. The SMILES string of the molecule is CC(C)CCC(=O)NNC(=O)CC(O)c1ccccc1. The van der Waals surface area contributed by atoms with Gasteiger partial charge in [-0.2, -0.15) is 0 Å². The molecule has 1 unspecified atom stereocenters. The number of hydrogen-bond donors (Lipinski definition) is 3. The summed E-state index contributed by atoms with van der Waals surface area (Å²) in [7, 11) is 0. The maximum atomic E-state index is 11.6. The van der Waals surface area contributed by atoms with Crippen LogP contribution in [0.3, 0.4) is 0 Å². The van der Waals surface area contributed by atoms with Crippen LogP contribution in [-0.2, 0) is 9.59 Å². The molecule has 2 amide bonds. The molecule has 0 fully saturated rings. The molecular formula is C15H22N2O3. The third-order valence-electron chi connectivity index (χ3n) is 2.85. The van der Waals surface area contributed by atoms with Gasteiger partial charge in [-0.15, -0.1) is 0 Å². The van der Waals surface area contributed by atoms with Gasteiger partial charge in [-0.3, -0.25) is 20.4 Å². The summed E-state index contributed by atoms with van der Waals surface area (Å²) in [6, 6.07) is 8.93. The zero-order chi connectivity index (χ0) is 15.0. The smallest absolute Gasteiger partial charge is 0.241 e. The Labute approximate surface area is 119 Å². The summed E-state index contributed by atoms with van der Waals surface area (Å²) in [6.07, 6.45) is 0.186. The lowest BCUT2D eigenvalue weighted by Gasteiger charge is -2.12. The number of aliphatic hydroxyl groups excluding tert-OH is 1. The first-order valence-corrected chi connectivity index (χ1v) is 6.79. The van der Waals surface area contributed by atoms with Crippen LogP contribution in [0.15, 0.2) is 30.3 Å². The Balaban J connectivity index is 2.28. The largest absolute Gasteiger partial charge is 0.388 e. The fourth-order valence-corrected chi connectivity index (χ4v) is 1.64. The first kappa shape index (κ1) is 16.2. The topological polar surface area (TPSA) is 78.4 Å². The van der Waals surface area contributed by atoms with Crippen LogP contribution in [0.5, 0.6) is 0 Å². The molecule has 0 bridgehead atoms. The van der Waals surface area contributed by atoms with E-state index in [1.54, 1.807) is 24.3 Å². The van der Waals surface area contributed by atoms with Crippen LogP contribution in [0.4, 0.5) is 0 Å². The van der Waals surface area contributed by atoms with E-state index in [0.29, 0.717) is 17.9 Å². The molecule has 1 aromatic rings. The molecule has 1 atom stereocenters. The van der Waals surface area contributed by atoms with Gasteiger partial charge in [-0.05, 0) is 17.9 Å². The summed E-state index contributed by atoms with van der Waals surface area (Å²) in [6.45, 7) is 4.06. The molecule has 0 radical (unpaired) electrons. The fraction of sp³-hybridized carbons (Fsp3) is 0.467. The highest BCUT2D eigenvalue weighted by Gasteiger charge is 2.13. The van der Waals surface area contributed by atoms with Crippen molar-refractivity contribution in [1.82, 2.24) is 10.9 Å². The molecule has 1 rings (SSSR count). The molecule has 0 spiro atoms. The van der Waals surface area contributed by atoms with Gasteiger partial charge in [0.15, 0.2) is 0 Å². The van der Waals surface area contributed by atoms with Crippen LogP contribution in [0.1, 0.15) is 44.8 Å². The number of rotatable bonds is 6. The summed E-state index contributed by atoms with van der Waals surface area (Å²) in [5, 5.41) is 9.86. The number of hydrogen-bond acceptors (Lipinski definition) is 3. The Morgan fingerprint density at radius 3 is 2.30 bits per heavy atom. The van der Waals surface area contributed by atoms with Crippen LogP contribution < -0.4 is 10.9 Å². The number of carbonyl (C=O) groups excluding carboxylic acids is 2. The van der Waals surface area contributed by atoms with E-state index in [-0.39, 0.29) is 12.3 Å². The zero-order valence-corrected chi connectivity index (χ0v) is 11.9. The van der Waals surface area contributed by atoms with Crippen molar-refractivity contribution < 1.29 is 14.7 Å². The van der Waals surface area contributed by atoms with Crippen molar-refractivity contribution in [2.45, 2.75) is 39.2 Å². The molecule has 0 aliphatic heterocycles. The second kappa shape index (κ2) is 8.32. The van der Waals surface area contributed by atoms with Crippen LogP contribution in [-0.4, -0.2) is 16.9 Å². The lowest BCUT2D eigenvalue weighted by molar-refractivity contribution is -0.130. The molecule has 3 N–H and O–H groups in total. The van der Waals surface area contributed by atoms with Gasteiger partial charge < -0.3 is 5.11 Å². The first-order valence-electron chi connectivity index (χ1n) is 6.79. The molecule has 0 saturated carbocycles. The molecule has 0 aliphatic carbocycles. The second-order valence-corrected chi connectivity index (χ2v) is 5.16. The summed E-state index contributed by atoms with van der Waals surface area (Å²) in [5.74, 6) is -0.197. The summed E-state index contributed by atoms with van der Waals surface area (Å²) in [4.78, 5) is 23.0. The van der Waals surface area contributed by atoms with Crippen molar-refractivity contribution in [1.29, 1.82) is 0 Å². The highest BCUT2D eigenvalue weighted by molar-refractivity contribution is 5.82. The molecular weight excluding hydrogens is 256 g/mol. The first-order chi connectivity index (χ1) is 9.49. The molecule has 5 heteroatoms. The minimum absolute atomic E-state index is 0.0888. The molecule has 1 aromatic carbocycles. The molecule has 5 nitrogen and oxygen atoms in total. The monoisotopic (exact) mass is 278 g/mol. The van der Waals surface area contributed by atoms with Crippen LogP contribution in [0.25, 0.3) is 0 Å². The lowest BCUT2D eigenvalue weighted by atomic mass is 10.1. The van der Waals surface area contributed by atoms with E-state index < -0.39 is 12.0 Å². The molecule has 20 heavy (non-hydrogen) atoms. The normalized spacial score (nSPS) is 12.0. The van der Waals surface area contributed by atoms with Gasteiger partial charge in [0.2, 0.25) is 11.8 Å². The van der Waals surface area contributed by atoms with Gasteiger partial charge in [-0.25, -0.2) is 0 Å². The number of carbonyl (C=O) groups is 2. The number of benzene rings is 1. The second-order valence-electron chi connectivity index (χ2n) is 5.16. The predicted molar refractivity (Wildman–Crippen MR) is 76.4 cm³/mol. The molecule has 0 aromatic heterocycles. The third kappa shape index (κ3) is 6.33. The number of amides is 2. The van der Waals surface area contributed by atoms with Crippen LogP contribution in [0, 0.1) is 5.92 Å². The van der Waals surface area contributed by atoms with Crippen molar-refractivity contribution in [3.8, 4) is 0 Å². The Morgan fingerprint density at radius 2 is 1.70 bits per heavy atom. The van der Waals surface area contributed by atoms with E-state index in [9.17, 15) is 14.7 Å². The van der Waals surface area contributed by atoms with E-state index in [2.05, 4.69) is 10.9 Å².